The average Bonchev–Trinajstić information content (AvgIpc) is 2.47. The van der Waals surface area contributed by atoms with Gasteiger partial charge >= 0.3 is 6.03 Å². The van der Waals surface area contributed by atoms with E-state index in [1.165, 1.54) is 11.1 Å². The summed E-state index contributed by atoms with van der Waals surface area (Å²) in [6.45, 7) is 3.90. The first-order chi connectivity index (χ1) is 10.2. The van der Waals surface area contributed by atoms with Crippen LogP contribution in [0.3, 0.4) is 0 Å². The van der Waals surface area contributed by atoms with Crippen LogP contribution in [0.15, 0.2) is 42.5 Å². The second-order valence-corrected chi connectivity index (χ2v) is 5.36. The van der Waals surface area contributed by atoms with Crippen molar-refractivity contribution in [1.29, 1.82) is 0 Å². The van der Waals surface area contributed by atoms with Gasteiger partial charge in [0.05, 0.1) is 0 Å². The van der Waals surface area contributed by atoms with Gasteiger partial charge in [-0.3, -0.25) is 0 Å². The van der Waals surface area contributed by atoms with Crippen molar-refractivity contribution in [3.63, 3.8) is 0 Å². The van der Waals surface area contributed by atoms with Crippen LogP contribution < -0.4 is 16.0 Å². The van der Waals surface area contributed by atoms with Crippen LogP contribution in [-0.2, 0) is 13.0 Å². The van der Waals surface area contributed by atoms with Gasteiger partial charge in [0.1, 0.15) is 0 Å². The Morgan fingerprint density at radius 1 is 1.05 bits per heavy atom. The minimum absolute atomic E-state index is 0.213. The van der Waals surface area contributed by atoms with E-state index in [9.17, 15) is 4.79 Å². The Morgan fingerprint density at radius 3 is 2.67 bits per heavy atom. The molecule has 0 saturated carbocycles. The molecule has 3 rings (SSSR count). The first kappa shape index (κ1) is 13.6. The Kier molecular flexibility index (Phi) is 3.88. The Bertz CT molecular complexity index is 667. The van der Waals surface area contributed by atoms with E-state index in [0.29, 0.717) is 0 Å². The van der Waals surface area contributed by atoms with Gasteiger partial charge in [-0.15, -0.1) is 0 Å². The normalized spacial score (nSPS) is 13.4. The van der Waals surface area contributed by atoms with Crippen LogP contribution in [0.2, 0.25) is 0 Å². The molecule has 0 bridgehead atoms. The highest BCUT2D eigenvalue weighted by atomic mass is 16.2. The predicted molar refractivity (Wildman–Crippen MR) is 85.7 cm³/mol. The molecule has 0 spiro atoms. The van der Waals surface area contributed by atoms with Crippen molar-refractivity contribution in [2.45, 2.75) is 19.9 Å². The van der Waals surface area contributed by atoms with E-state index in [4.69, 9.17) is 0 Å². The van der Waals surface area contributed by atoms with Crippen molar-refractivity contribution < 1.29 is 4.79 Å². The lowest BCUT2D eigenvalue weighted by Gasteiger charge is -2.18. The molecule has 2 aromatic carbocycles. The summed E-state index contributed by atoms with van der Waals surface area (Å²) in [4.78, 5) is 12.0. The lowest BCUT2D eigenvalue weighted by molar-refractivity contribution is 0.262. The number of anilines is 2. The fraction of sp³-hybridized carbons (Fsp3) is 0.235. The van der Waals surface area contributed by atoms with E-state index in [1.807, 2.05) is 37.3 Å². The van der Waals surface area contributed by atoms with Crippen LogP contribution in [-0.4, -0.2) is 12.6 Å². The molecular formula is C17H19N3O. The first-order valence-corrected chi connectivity index (χ1v) is 7.18. The number of benzene rings is 2. The third-order valence-electron chi connectivity index (χ3n) is 3.63. The van der Waals surface area contributed by atoms with E-state index in [0.717, 1.165) is 36.4 Å². The van der Waals surface area contributed by atoms with Crippen molar-refractivity contribution in [1.82, 2.24) is 5.32 Å². The third kappa shape index (κ3) is 3.41. The van der Waals surface area contributed by atoms with Crippen LogP contribution in [0.25, 0.3) is 0 Å². The van der Waals surface area contributed by atoms with E-state index in [1.54, 1.807) is 0 Å². The van der Waals surface area contributed by atoms with Gasteiger partial charge in [-0.1, -0.05) is 18.2 Å². The summed E-state index contributed by atoms with van der Waals surface area (Å²) in [6.07, 6.45) is 1.00. The van der Waals surface area contributed by atoms with Crippen molar-refractivity contribution >= 4 is 17.4 Å². The lowest BCUT2D eigenvalue weighted by Crippen LogP contribution is -2.24. The highest BCUT2D eigenvalue weighted by molar-refractivity contribution is 5.99. The molecule has 1 aliphatic rings. The Hall–Kier alpha value is -2.33. The van der Waals surface area contributed by atoms with E-state index in [2.05, 4.69) is 28.1 Å². The number of nitrogens with one attached hydrogen (secondary N) is 3. The van der Waals surface area contributed by atoms with Gasteiger partial charge in [-0.05, 0) is 60.8 Å². The smallest absolute Gasteiger partial charge is 0.312 e. The molecule has 0 atom stereocenters. The zero-order valence-corrected chi connectivity index (χ0v) is 12.1. The van der Waals surface area contributed by atoms with Gasteiger partial charge in [0.15, 0.2) is 0 Å². The van der Waals surface area contributed by atoms with Crippen molar-refractivity contribution in [3.05, 3.63) is 59.2 Å². The third-order valence-corrected chi connectivity index (χ3v) is 3.63. The number of carbonyl (C=O) groups is 1. The van der Waals surface area contributed by atoms with Gasteiger partial charge in [0.25, 0.3) is 0 Å². The summed E-state index contributed by atoms with van der Waals surface area (Å²) < 4.78 is 0. The largest absolute Gasteiger partial charge is 0.323 e. The number of carbonyl (C=O) groups excluding carboxylic acids is 1. The molecule has 1 aliphatic heterocycles. The molecule has 108 valence electrons. The minimum atomic E-state index is -0.213. The number of amides is 2. The van der Waals surface area contributed by atoms with E-state index in [-0.39, 0.29) is 6.03 Å². The zero-order valence-electron chi connectivity index (χ0n) is 12.1. The molecule has 4 nitrogen and oxygen atoms in total. The maximum Gasteiger partial charge on any atom is 0.323 e. The van der Waals surface area contributed by atoms with Crippen molar-refractivity contribution in [2.75, 3.05) is 17.2 Å². The molecule has 0 saturated heterocycles. The predicted octanol–water partition coefficient (Wildman–Crippen LogP) is 3.28. The number of hydrogen-bond acceptors (Lipinski definition) is 2. The van der Waals surface area contributed by atoms with Crippen LogP contribution >= 0.6 is 0 Å². The maximum absolute atomic E-state index is 12.0. The van der Waals surface area contributed by atoms with Crippen LogP contribution in [0.4, 0.5) is 16.2 Å². The van der Waals surface area contributed by atoms with Gasteiger partial charge < -0.3 is 16.0 Å². The van der Waals surface area contributed by atoms with E-state index < -0.39 is 0 Å². The molecule has 4 heteroatoms. The van der Waals surface area contributed by atoms with E-state index >= 15 is 0 Å². The standard InChI is InChI=1S/C17H19N3O/c1-12-3-2-4-15(9-12)19-17(21)20-16-6-5-14-11-18-8-7-13(14)10-16/h2-6,9-10,18H,7-8,11H2,1H3,(H2,19,20,21). The average molecular weight is 281 g/mol. The molecular weight excluding hydrogens is 262 g/mol. The van der Waals surface area contributed by atoms with Crippen molar-refractivity contribution in [2.24, 2.45) is 0 Å². The number of rotatable bonds is 2. The molecule has 21 heavy (non-hydrogen) atoms. The molecule has 0 unspecified atom stereocenters. The SMILES string of the molecule is Cc1cccc(NC(=O)Nc2ccc3c(c2)CCNC3)c1. The summed E-state index contributed by atoms with van der Waals surface area (Å²) in [6, 6.07) is 13.6. The minimum Gasteiger partial charge on any atom is -0.312 e. The Balaban J connectivity index is 1.67. The molecule has 0 radical (unpaired) electrons. The fourth-order valence-corrected chi connectivity index (χ4v) is 2.57. The van der Waals surface area contributed by atoms with Crippen molar-refractivity contribution in [3.8, 4) is 0 Å². The molecule has 1 heterocycles. The lowest BCUT2D eigenvalue weighted by atomic mass is 10.0. The molecule has 3 N–H and O–H groups in total. The summed E-state index contributed by atoms with van der Waals surface area (Å²) in [5, 5.41) is 9.08. The van der Waals surface area contributed by atoms with Gasteiger partial charge in [0.2, 0.25) is 0 Å². The van der Waals surface area contributed by atoms with Crippen LogP contribution in [0.5, 0.6) is 0 Å². The Morgan fingerprint density at radius 2 is 1.86 bits per heavy atom. The molecule has 0 aliphatic carbocycles. The quantitative estimate of drug-likeness (QED) is 0.791. The summed E-state index contributed by atoms with van der Waals surface area (Å²) in [7, 11) is 0. The zero-order chi connectivity index (χ0) is 14.7. The summed E-state index contributed by atoms with van der Waals surface area (Å²) in [5.41, 5.74) is 5.37. The monoisotopic (exact) mass is 281 g/mol. The Labute approximate surface area is 124 Å². The van der Waals surface area contributed by atoms with Gasteiger partial charge in [-0.25, -0.2) is 4.79 Å². The summed E-state index contributed by atoms with van der Waals surface area (Å²) in [5.74, 6) is 0. The van der Waals surface area contributed by atoms with Gasteiger partial charge in [0, 0.05) is 17.9 Å². The number of urea groups is 1. The second kappa shape index (κ2) is 5.97. The number of fused-ring (bicyclic) bond motifs is 1. The number of aryl methyl sites for hydroxylation is 1. The molecule has 0 fully saturated rings. The van der Waals surface area contributed by atoms with Crippen LogP contribution in [0, 0.1) is 6.92 Å². The topological polar surface area (TPSA) is 53.2 Å². The number of hydrogen-bond donors (Lipinski definition) is 3. The first-order valence-electron chi connectivity index (χ1n) is 7.18. The maximum atomic E-state index is 12.0. The summed E-state index contributed by atoms with van der Waals surface area (Å²) >= 11 is 0. The fourth-order valence-electron chi connectivity index (χ4n) is 2.57. The van der Waals surface area contributed by atoms with Crippen LogP contribution in [0.1, 0.15) is 16.7 Å². The molecule has 0 aromatic heterocycles. The van der Waals surface area contributed by atoms with Gasteiger partial charge in [-0.2, -0.15) is 0 Å². The second-order valence-electron chi connectivity index (χ2n) is 5.36. The highest BCUT2D eigenvalue weighted by Crippen LogP contribution is 2.19. The molecule has 2 aromatic rings. The highest BCUT2D eigenvalue weighted by Gasteiger charge is 2.10. The molecule has 2 amide bonds.